The van der Waals surface area contributed by atoms with E-state index >= 15 is 0 Å². The van der Waals surface area contributed by atoms with Crippen LogP contribution in [-0.4, -0.2) is 67.8 Å². The molecule has 0 atom stereocenters. The topological polar surface area (TPSA) is 52.7 Å². The summed E-state index contributed by atoms with van der Waals surface area (Å²) in [5.41, 5.74) is 3.72. The Bertz CT molecular complexity index is 870. The number of nitrogens with one attached hydrogen (secondary N) is 1. The van der Waals surface area contributed by atoms with Gasteiger partial charge >= 0.3 is 0 Å². The molecule has 1 aliphatic rings. The fourth-order valence-corrected chi connectivity index (χ4v) is 3.59. The van der Waals surface area contributed by atoms with Crippen molar-refractivity contribution in [2.75, 3.05) is 46.3 Å². The number of amides is 1. The Morgan fingerprint density at radius 3 is 2.31 bits per heavy atom. The molecule has 1 aliphatic heterocycles. The zero-order valence-electron chi connectivity index (χ0n) is 17.7. The van der Waals surface area contributed by atoms with Crippen LogP contribution in [0.3, 0.4) is 0 Å². The SMILES string of the molecule is Cc1ccc(C(=O)c2ccccc2C(=O)NCCCN2CCN(C)CC2)cc1C. The maximum absolute atomic E-state index is 13.0. The lowest BCUT2D eigenvalue weighted by molar-refractivity contribution is 0.0938. The molecular formula is C24H31N3O2. The van der Waals surface area contributed by atoms with Crippen molar-refractivity contribution in [3.63, 3.8) is 0 Å². The number of rotatable bonds is 7. The van der Waals surface area contributed by atoms with E-state index in [2.05, 4.69) is 22.2 Å². The summed E-state index contributed by atoms with van der Waals surface area (Å²) in [6.45, 7) is 9.96. The van der Waals surface area contributed by atoms with Crippen molar-refractivity contribution in [3.8, 4) is 0 Å². The second kappa shape index (κ2) is 9.81. The van der Waals surface area contributed by atoms with E-state index in [1.54, 1.807) is 24.3 Å². The van der Waals surface area contributed by atoms with Gasteiger partial charge in [-0.05, 0) is 57.1 Å². The lowest BCUT2D eigenvalue weighted by atomic mass is 9.95. The number of hydrogen-bond acceptors (Lipinski definition) is 4. The number of hydrogen-bond donors (Lipinski definition) is 1. The van der Waals surface area contributed by atoms with E-state index in [0.717, 1.165) is 50.3 Å². The van der Waals surface area contributed by atoms with Gasteiger partial charge in [-0.1, -0.05) is 30.3 Å². The van der Waals surface area contributed by atoms with Gasteiger partial charge in [-0.25, -0.2) is 0 Å². The maximum atomic E-state index is 13.0. The van der Waals surface area contributed by atoms with Gasteiger partial charge < -0.3 is 15.1 Å². The lowest BCUT2D eigenvalue weighted by Crippen LogP contribution is -2.45. The van der Waals surface area contributed by atoms with Crippen LogP contribution in [0.25, 0.3) is 0 Å². The third-order valence-electron chi connectivity index (χ3n) is 5.72. The highest BCUT2D eigenvalue weighted by Crippen LogP contribution is 2.17. The monoisotopic (exact) mass is 393 g/mol. The van der Waals surface area contributed by atoms with Gasteiger partial charge in [0.05, 0.1) is 5.56 Å². The molecule has 29 heavy (non-hydrogen) atoms. The zero-order chi connectivity index (χ0) is 20.8. The molecule has 5 heteroatoms. The number of benzene rings is 2. The average Bonchev–Trinajstić information content (AvgIpc) is 2.74. The number of carbonyl (C=O) groups is 2. The molecule has 0 unspecified atom stereocenters. The second-order valence-electron chi connectivity index (χ2n) is 7.93. The van der Waals surface area contributed by atoms with Gasteiger partial charge in [-0.15, -0.1) is 0 Å². The zero-order valence-corrected chi connectivity index (χ0v) is 17.7. The van der Waals surface area contributed by atoms with Gasteiger partial charge in [-0.2, -0.15) is 0 Å². The fraction of sp³-hybridized carbons (Fsp3) is 0.417. The molecule has 5 nitrogen and oxygen atoms in total. The van der Waals surface area contributed by atoms with Crippen LogP contribution in [0.15, 0.2) is 42.5 Å². The lowest BCUT2D eigenvalue weighted by Gasteiger charge is -2.32. The smallest absolute Gasteiger partial charge is 0.252 e. The molecule has 1 heterocycles. The van der Waals surface area contributed by atoms with Crippen LogP contribution in [0.4, 0.5) is 0 Å². The first-order valence-electron chi connectivity index (χ1n) is 10.4. The maximum Gasteiger partial charge on any atom is 0.252 e. The largest absolute Gasteiger partial charge is 0.352 e. The van der Waals surface area contributed by atoms with Crippen molar-refractivity contribution in [2.45, 2.75) is 20.3 Å². The van der Waals surface area contributed by atoms with Crippen LogP contribution in [0, 0.1) is 13.8 Å². The summed E-state index contributed by atoms with van der Waals surface area (Å²) in [6, 6.07) is 12.7. The summed E-state index contributed by atoms with van der Waals surface area (Å²) in [5, 5.41) is 2.99. The third kappa shape index (κ3) is 5.52. The molecule has 1 amide bonds. The summed E-state index contributed by atoms with van der Waals surface area (Å²) in [7, 11) is 2.15. The van der Waals surface area contributed by atoms with Crippen LogP contribution in [0.1, 0.15) is 43.8 Å². The molecule has 0 spiro atoms. The number of likely N-dealkylation sites (N-methyl/N-ethyl adjacent to an activating group) is 1. The third-order valence-corrected chi connectivity index (χ3v) is 5.72. The van der Waals surface area contributed by atoms with Crippen LogP contribution >= 0.6 is 0 Å². The highest BCUT2D eigenvalue weighted by Gasteiger charge is 2.18. The number of carbonyl (C=O) groups excluding carboxylic acids is 2. The van der Waals surface area contributed by atoms with E-state index < -0.39 is 0 Å². The molecule has 3 rings (SSSR count). The summed E-state index contributed by atoms with van der Waals surface area (Å²) in [4.78, 5) is 30.5. The van der Waals surface area contributed by atoms with E-state index in [0.29, 0.717) is 23.2 Å². The summed E-state index contributed by atoms with van der Waals surface area (Å²) in [5.74, 6) is -0.299. The van der Waals surface area contributed by atoms with E-state index in [4.69, 9.17) is 0 Å². The molecular weight excluding hydrogens is 362 g/mol. The molecule has 0 bridgehead atoms. The Hall–Kier alpha value is -2.50. The van der Waals surface area contributed by atoms with Crippen LogP contribution < -0.4 is 5.32 Å². The minimum atomic E-state index is -0.184. The van der Waals surface area contributed by atoms with E-state index in [1.165, 1.54) is 0 Å². The van der Waals surface area contributed by atoms with Crippen molar-refractivity contribution in [1.82, 2.24) is 15.1 Å². The molecule has 2 aromatic rings. The van der Waals surface area contributed by atoms with Crippen molar-refractivity contribution in [1.29, 1.82) is 0 Å². The van der Waals surface area contributed by atoms with Crippen molar-refractivity contribution < 1.29 is 9.59 Å². The highest BCUT2D eigenvalue weighted by molar-refractivity contribution is 6.15. The van der Waals surface area contributed by atoms with Gasteiger partial charge in [0.25, 0.3) is 5.91 Å². The van der Waals surface area contributed by atoms with E-state index in [1.807, 2.05) is 32.0 Å². The standard InChI is InChI=1S/C24H31N3O2/c1-18-9-10-20(17-19(18)2)23(28)21-7-4-5-8-22(21)24(29)25-11-6-12-27-15-13-26(3)14-16-27/h4-5,7-10,17H,6,11-16H2,1-3H3,(H,25,29). The minimum absolute atomic E-state index is 0.115. The van der Waals surface area contributed by atoms with Gasteiger partial charge in [0, 0.05) is 43.9 Å². The second-order valence-corrected chi connectivity index (χ2v) is 7.93. The molecule has 0 aromatic heterocycles. The molecule has 1 N–H and O–H groups in total. The Morgan fingerprint density at radius 2 is 1.62 bits per heavy atom. The molecule has 0 radical (unpaired) electrons. The first-order valence-corrected chi connectivity index (χ1v) is 10.4. The predicted octanol–water partition coefficient (Wildman–Crippen LogP) is 2.90. The summed E-state index contributed by atoms with van der Waals surface area (Å²) < 4.78 is 0. The molecule has 154 valence electrons. The number of aryl methyl sites for hydroxylation is 2. The number of nitrogens with zero attached hydrogens (tertiary/aromatic N) is 2. The Morgan fingerprint density at radius 1 is 0.931 bits per heavy atom. The van der Waals surface area contributed by atoms with Crippen LogP contribution in [0.5, 0.6) is 0 Å². The molecule has 1 saturated heterocycles. The molecule has 0 saturated carbocycles. The average molecular weight is 394 g/mol. The quantitative estimate of drug-likeness (QED) is 0.581. The Labute approximate surface area is 173 Å². The van der Waals surface area contributed by atoms with Gasteiger partial charge in [0.15, 0.2) is 5.78 Å². The van der Waals surface area contributed by atoms with Gasteiger partial charge in [0.2, 0.25) is 0 Å². The van der Waals surface area contributed by atoms with Crippen LogP contribution in [0.2, 0.25) is 0 Å². The Kier molecular flexibility index (Phi) is 7.18. The van der Waals surface area contributed by atoms with Crippen molar-refractivity contribution >= 4 is 11.7 Å². The molecule has 2 aromatic carbocycles. The van der Waals surface area contributed by atoms with Gasteiger partial charge in [0.1, 0.15) is 0 Å². The first kappa shape index (κ1) is 21.2. The predicted molar refractivity (Wildman–Crippen MR) is 117 cm³/mol. The molecule has 0 aliphatic carbocycles. The number of piperazine rings is 1. The van der Waals surface area contributed by atoms with E-state index in [9.17, 15) is 9.59 Å². The summed E-state index contributed by atoms with van der Waals surface area (Å²) in [6.07, 6.45) is 0.905. The normalized spacial score (nSPS) is 15.3. The first-order chi connectivity index (χ1) is 14.0. The van der Waals surface area contributed by atoms with Crippen molar-refractivity contribution in [2.24, 2.45) is 0 Å². The van der Waals surface area contributed by atoms with E-state index in [-0.39, 0.29) is 11.7 Å². The van der Waals surface area contributed by atoms with Crippen LogP contribution in [-0.2, 0) is 0 Å². The number of ketones is 1. The Balaban J connectivity index is 1.59. The fourth-order valence-electron chi connectivity index (χ4n) is 3.59. The highest BCUT2D eigenvalue weighted by atomic mass is 16.2. The molecule has 1 fully saturated rings. The summed E-state index contributed by atoms with van der Waals surface area (Å²) >= 11 is 0. The minimum Gasteiger partial charge on any atom is -0.352 e. The van der Waals surface area contributed by atoms with Gasteiger partial charge in [-0.3, -0.25) is 9.59 Å². The van der Waals surface area contributed by atoms with Crippen molar-refractivity contribution in [3.05, 3.63) is 70.3 Å².